The molecule has 2 amide bonds. The summed E-state index contributed by atoms with van der Waals surface area (Å²) in [7, 11) is 0. The lowest BCUT2D eigenvalue weighted by Crippen LogP contribution is -2.57. The number of carbonyl (C=O) groups is 2. The van der Waals surface area contributed by atoms with Gasteiger partial charge in [0.1, 0.15) is 0 Å². The lowest BCUT2D eigenvalue weighted by atomic mass is 9.85. The quantitative estimate of drug-likeness (QED) is 0.639. The van der Waals surface area contributed by atoms with Gasteiger partial charge >= 0.3 is 12.0 Å². The van der Waals surface area contributed by atoms with Crippen molar-refractivity contribution in [3.05, 3.63) is 0 Å². The van der Waals surface area contributed by atoms with Crippen LogP contribution in [0.2, 0.25) is 0 Å². The number of nitrogens with one attached hydrogen (secondary N) is 2. The molecule has 134 valence electrons. The van der Waals surface area contributed by atoms with Crippen molar-refractivity contribution in [1.82, 2.24) is 15.5 Å². The van der Waals surface area contributed by atoms with Gasteiger partial charge in [-0.3, -0.25) is 9.69 Å². The molecular formula is C17H33N3O3. The van der Waals surface area contributed by atoms with Crippen molar-refractivity contribution in [2.24, 2.45) is 5.41 Å². The molecule has 1 aliphatic rings. The van der Waals surface area contributed by atoms with Crippen LogP contribution in [0.25, 0.3) is 0 Å². The summed E-state index contributed by atoms with van der Waals surface area (Å²) in [5.74, 6) is -0.798. The predicted octanol–water partition coefficient (Wildman–Crippen LogP) is 2.44. The smallest absolute Gasteiger partial charge is 0.317 e. The van der Waals surface area contributed by atoms with Gasteiger partial charge < -0.3 is 15.7 Å². The standard InChI is InChI=1S/C17H33N3O3/c1-6-20(11-15(21)22)14-9-13(10-14)19-16(23)18-12(2)7-8-17(3,4)5/h12-14H,6-11H2,1-5H3,(H,21,22)(H2,18,19,23). The molecule has 0 aromatic heterocycles. The average Bonchev–Trinajstić information content (AvgIpc) is 2.36. The van der Waals surface area contributed by atoms with Crippen LogP contribution in [0.4, 0.5) is 4.79 Å². The molecule has 0 saturated heterocycles. The normalized spacial score (nSPS) is 22.3. The van der Waals surface area contributed by atoms with Crippen molar-refractivity contribution in [3.63, 3.8) is 0 Å². The third-order valence-corrected chi connectivity index (χ3v) is 4.41. The van der Waals surface area contributed by atoms with Crippen molar-refractivity contribution >= 4 is 12.0 Å². The van der Waals surface area contributed by atoms with E-state index in [1.54, 1.807) is 0 Å². The number of urea groups is 1. The Morgan fingerprint density at radius 3 is 2.39 bits per heavy atom. The number of rotatable bonds is 8. The van der Waals surface area contributed by atoms with E-state index >= 15 is 0 Å². The lowest BCUT2D eigenvalue weighted by Gasteiger charge is -2.42. The molecule has 0 heterocycles. The number of hydrogen-bond donors (Lipinski definition) is 3. The molecule has 0 spiro atoms. The molecule has 3 N–H and O–H groups in total. The van der Waals surface area contributed by atoms with Crippen LogP contribution in [-0.2, 0) is 4.79 Å². The van der Waals surface area contributed by atoms with Crippen molar-refractivity contribution in [2.45, 2.75) is 78.4 Å². The predicted molar refractivity (Wildman–Crippen MR) is 91.5 cm³/mol. The van der Waals surface area contributed by atoms with Gasteiger partial charge in [0.05, 0.1) is 6.54 Å². The fourth-order valence-electron chi connectivity index (χ4n) is 2.85. The molecule has 0 radical (unpaired) electrons. The van der Waals surface area contributed by atoms with Gasteiger partial charge in [0.2, 0.25) is 0 Å². The third-order valence-electron chi connectivity index (χ3n) is 4.41. The topological polar surface area (TPSA) is 81.7 Å². The Bertz CT molecular complexity index is 400. The molecule has 6 heteroatoms. The zero-order valence-electron chi connectivity index (χ0n) is 15.2. The van der Waals surface area contributed by atoms with E-state index in [-0.39, 0.29) is 36.1 Å². The summed E-state index contributed by atoms with van der Waals surface area (Å²) < 4.78 is 0. The maximum atomic E-state index is 12.0. The molecule has 1 aliphatic carbocycles. The SMILES string of the molecule is CCN(CC(=O)O)C1CC(NC(=O)NC(C)CCC(C)(C)C)C1. The average molecular weight is 327 g/mol. The fourth-order valence-corrected chi connectivity index (χ4v) is 2.85. The Morgan fingerprint density at radius 1 is 1.30 bits per heavy atom. The zero-order valence-corrected chi connectivity index (χ0v) is 15.2. The lowest BCUT2D eigenvalue weighted by molar-refractivity contribution is -0.139. The first-order valence-corrected chi connectivity index (χ1v) is 8.63. The minimum absolute atomic E-state index is 0.0733. The Balaban J connectivity index is 2.23. The summed E-state index contributed by atoms with van der Waals surface area (Å²) in [5, 5.41) is 14.8. The second kappa shape index (κ2) is 8.52. The maximum Gasteiger partial charge on any atom is 0.317 e. The van der Waals surface area contributed by atoms with Crippen molar-refractivity contribution < 1.29 is 14.7 Å². The maximum absolute atomic E-state index is 12.0. The van der Waals surface area contributed by atoms with Crippen LogP contribution in [0.1, 0.15) is 60.3 Å². The number of nitrogens with zero attached hydrogens (tertiary/aromatic N) is 1. The number of carbonyl (C=O) groups excluding carboxylic acids is 1. The molecular weight excluding hydrogens is 294 g/mol. The summed E-state index contributed by atoms with van der Waals surface area (Å²) in [6.45, 7) is 11.4. The van der Waals surface area contributed by atoms with Gasteiger partial charge in [0.25, 0.3) is 0 Å². The van der Waals surface area contributed by atoms with Crippen molar-refractivity contribution in [1.29, 1.82) is 0 Å². The van der Waals surface area contributed by atoms with Crippen LogP contribution in [0.3, 0.4) is 0 Å². The van der Waals surface area contributed by atoms with Crippen LogP contribution in [0.5, 0.6) is 0 Å². The highest BCUT2D eigenvalue weighted by Crippen LogP contribution is 2.25. The highest BCUT2D eigenvalue weighted by atomic mass is 16.4. The summed E-state index contributed by atoms with van der Waals surface area (Å²) in [5.41, 5.74) is 0.279. The highest BCUT2D eigenvalue weighted by molar-refractivity contribution is 5.74. The van der Waals surface area contributed by atoms with Gasteiger partial charge in [-0.05, 0) is 44.6 Å². The van der Waals surface area contributed by atoms with E-state index in [1.165, 1.54) is 0 Å². The van der Waals surface area contributed by atoms with Gasteiger partial charge in [-0.2, -0.15) is 0 Å². The van der Waals surface area contributed by atoms with Crippen molar-refractivity contribution in [2.75, 3.05) is 13.1 Å². The first-order chi connectivity index (χ1) is 10.6. The molecule has 1 saturated carbocycles. The first-order valence-electron chi connectivity index (χ1n) is 8.63. The van der Waals surface area contributed by atoms with Crippen LogP contribution >= 0.6 is 0 Å². The van der Waals surface area contributed by atoms with Gasteiger partial charge in [-0.15, -0.1) is 0 Å². The van der Waals surface area contributed by atoms with E-state index < -0.39 is 5.97 Å². The summed E-state index contributed by atoms with van der Waals surface area (Å²) in [6.07, 6.45) is 3.68. The van der Waals surface area contributed by atoms with E-state index in [1.807, 2.05) is 18.7 Å². The molecule has 1 fully saturated rings. The molecule has 1 rings (SSSR count). The number of aliphatic carboxylic acids is 1. The molecule has 6 nitrogen and oxygen atoms in total. The zero-order chi connectivity index (χ0) is 17.6. The van der Waals surface area contributed by atoms with Gasteiger partial charge in [0, 0.05) is 18.1 Å². The van der Waals surface area contributed by atoms with Crippen LogP contribution in [0.15, 0.2) is 0 Å². The summed E-state index contributed by atoms with van der Waals surface area (Å²) in [6, 6.07) is 0.456. The second-order valence-electron chi connectivity index (χ2n) is 7.90. The van der Waals surface area contributed by atoms with Crippen LogP contribution < -0.4 is 10.6 Å². The number of amides is 2. The fraction of sp³-hybridized carbons (Fsp3) is 0.882. The van der Waals surface area contributed by atoms with Gasteiger partial charge in [-0.25, -0.2) is 4.79 Å². The second-order valence-corrected chi connectivity index (χ2v) is 7.90. The summed E-state index contributed by atoms with van der Waals surface area (Å²) >= 11 is 0. The third kappa shape index (κ3) is 7.68. The van der Waals surface area contributed by atoms with E-state index in [0.29, 0.717) is 0 Å². The molecule has 1 unspecified atom stereocenters. The molecule has 0 aromatic carbocycles. The van der Waals surface area contributed by atoms with E-state index in [2.05, 4.69) is 31.4 Å². The number of carboxylic acids is 1. The van der Waals surface area contributed by atoms with E-state index in [0.717, 1.165) is 32.2 Å². The van der Waals surface area contributed by atoms with E-state index in [9.17, 15) is 9.59 Å². The number of hydrogen-bond acceptors (Lipinski definition) is 3. The van der Waals surface area contributed by atoms with Crippen LogP contribution in [-0.4, -0.2) is 53.2 Å². The largest absolute Gasteiger partial charge is 0.480 e. The number of carboxylic acid groups (broad SMARTS) is 1. The van der Waals surface area contributed by atoms with Gasteiger partial charge in [-0.1, -0.05) is 27.7 Å². The van der Waals surface area contributed by atoms with Gasteiger partial charge in [0.15, 0.2) is 0 Å². The molecule has 23 heavy (non-hydrogen) atoms. The molecule has 0 aromatic rings. The molecule has 1 atom stereocenters. The summed E-state index contributed by atoms with van der Waals surface area (Å²) in [4.78, 5) is 24.7. The minimum Gasteiger partial charge on any atom is -0.480 e. The Labute approximate surface area is 140 Å². The van der Waals surface area contributed by atoms with Crippen LogP contribution in [0, 0.1) is 5.41 Å². The Morgan fingerprint density at radius 2 is 1.91 bits per heavy atom. The monoisotopic (exact) mass is 327 g/mol. The first kappa shape index (κ1) is 19.7. The van der Waals surface area contributed by atoms with Crippen molar-refractivity contribution in [3.8, 4) is 0 Å². The van der Waals surface area contributed by atoms with E-state index in [4.69, 9.17) is 5.11 Å². The highest BCUT2D eigenvalue weighted by Gasteiger charge is 2.34. The Kier molecular flexibility index (Phi) is 7.32. The Hall–Kier alpha value is -1.30. The molecule has 0 bridgehead atoms. The molecule has 0 aliphatic heterocycles. The minimum atomic E-state index is -0.798. The number of likely N-dealkylation sites (N-methyl/N-ethyl adjacent to an activating group) is 1.